The van der Waals surface area contributed by atoms with Crippen LogP contribution in [-0.4, -0.2) is 9.97 Å². The summed E-state index contributed by atoms with van der Waals surface area (Å²) in [6.45, 7) is 2.12. The maximum Gasteiger partial charge on any atom is 0.323 e. The van der Waals surface area contributed by atoms with Crippen molar-refractivity contribution in [2.24, 2.45) is 0 Å². The second-order valence-corrected chi connectivity index (χ2v) is 5.44. The molecule has 1 atom stereocenters. The van der Waals surface area contributed by atoms with Crippen LogP contribution in [-0.2, 0) is 0 Å². The molecule has 1 aromatic heterocycles. The van der Waals surface area contributed by atoms with Crippen LogP contribution in [0.2, 0.25) is 5.02 Å². The first-order chi connectivity index (χ1) is 10.2. The van der Waals surface area contributed by atoms with E-state index in [4.69, 9.17) is 11.6 Å². The minimum absolute atomic E-state index is 0.173. The molecule has 0 bridgehead atoms. The topological polar surface area (TPSA) is 60.7 Å². The molecule has 1 heterocycles. The van der Waals surface area contributed by atoms with E-state index < -0.39 is 0 Å². The van der Waals surface area contributed by atoms with E-state index in [1.54, 1.807) is 0 Å². The summed E-state index contributed by atoms with van der Waals surface area (Å²) in [5, 5.41) is 4.21. The van der Waals surface area contributed by atoms with E-state index in [1.165, 1.54) is 0 Å². The van der Waals surface area contributed by atoms with Crippen molar-refractivity contribution in [1.82, 2.24) is 9.97 Å². The fraction of sp³-hybridized carbons (Fsp3) is 0.188. The zero-order valence-electron chi connectivity index (χ0n) is 11.6. The normalized spacial score (nSPS) is 12.5. The Morgan fingerprint density at radius 1 is 1.14 bits per heavy atom. The molecular weight excluding hydrogens is 286 g/mol. The maximum absolute atomic E-state index is 11.3. The van der Waals surface area contributed by atoms with Crippen molar-refractivity contribution in [2.75, 3.05) is 5.32 Å². The predicted molar refractivity (Wildman–Crippen MR) is 87.0 cm³/mol. The molecule has 4 nitrogen and oxygen atoms in total. The van der Waals surface area contributed by atoms with Gasteiger partial charge in [-0.2, -0.15) is 0 Å². The first kappa shape index (κ1) is 13.8. The Morgan fingerprint density at radius 3 is 2.71 bits per heavy atom. The molecule has 3 N–H and O–H groups in total. The Morgan fingerprint density at radius 2 is 1.95 bits per heavy atom. The van der Waals surface area contributed by atoms with Crippen LogP contribution in [0.3, 0.4) is 0 Å². The molecule has 3 rings (SSSR count). The molecule has 3 aromatic rings. The van der Waals surface area contributed by atoms with Gasteiger partial charge in [-0.1, -0.05) is 30.7 Å². The molecule has 0 aliphatic carbocycles. The number of aromatic nitrogens is 2. The number of rotatable bonds is 4. The van der Waals surface area contributed by atoms with Crippen LogP contribution in [0.15, 0.2) is 47.3 Å². The monoisotopic (exact) mass is 301 g/mol. The van der Waals surface area contributed by atoms with E-state index in [0.29, 0.717) is 0 Å². The summed E-state index contributed by atoms with van der Waals surface area (Å²) < 4.78 is 0. The van der Waals surface area contributed by atoms with E-state index >= 15 is 0 Å². The average molecular weight is 302 g/mol. The Balaban J connectivity index is 1.89. The molecule has 0 aliphatic heterocycles. The number of H-pyrrole nitrogens is 2. The van der Waals surface area contributed by atoms with Crippen molar-refractivity contribution in [1.29, 1.82) is 0 Å². The van der Waals surface area contributed by atoms with Crippen molar-refractivity contribution in [3.05, 3.63) is 63.5 Å². The van der Waals surface area contributed by atoms with Gasteiger partial charge in [0.15, 0.2) is 0 Å². The molecule has 2 aromatic carbocycles. The zero-order chi connectivity index (χ0) is 14.8. The second-order valence-electron chi connectivity index (χ2n) is 5.00. The second kappa shape index (κ2) is 5.66. The van der Waals surface area contributed by atoms with Crippen molar-refractivity contribution in [2.45, 2.75) is 19.4 Å². The summed E-state index contributed by atoms with van der Waals surface area (Å²) in [7, 11) is 0. The summed E-state index contributed by atoms with van der Waals surface area (Å²) in [6.07, 6.45) is 0.933. The van der Waals surface area contributed by atoms with Crippen molar-refractivity contribution >= 4 is 28.3 Å². The van der Waals surface area contributed by atoms with Crippen LogP contribution in [0, 0.1) is 0 Å². The average Bonchev–Trinajstić information content (AvgIpc) is 2.84. The lowest BCUT2D eigenvalue weighted by Crippen LogP contribution is -2.09. The lowest BCUT2D eigenvalue weighted by atomic mass is 10.0. The van der Waals surface area contributed by atoms with Gasteiger partial charge in [0.05, 0.1) is 17.1 Å². The van der Waals surface area contributed by atoms with Gasteiger partial charge < -0.3 is 15.3 Å². The van der Waals surface area contributed by atoms with Gasteiger partial charge in [0.1, 0.15) is 0 Å². The van der Waals surface area contributed by atoms with Gasteiger partial charge in [0, 0.05) is 10.7 Å². The van der Waals surface area contributed by atoms with E-state index in [1.807, 2.05) is 36.4 Å². The molecule has 0 aliphatic rings. The van der Waals surface area contributed by atoms with Crippen LogP contribution < -0.4 is 11.0 Å². The SMILES string of the molecule is CCC(Nc1ccc2[nH]c(=O)[nH]c2c1)c1cccc(Cl)c1. The van der Waals surface area contributed by atoms with Crippen molar-refractivity contribution in [3.8, 4) is 0 Å². The van der Waals surface area contributed by atoms with Crippen LogP contribution in [0.5, 0.6) is 0 Å². The van der Waals surface area contributed by atoms with E-state index in [9.17, 15) is 4.79 Å². The molecule has 0 saturated heterocycles. The Bertz CT molecular complexity index is 822. The maximum atomic E-state index is 11.3. The summed E-state index contributed by atoms with van der Waals surface area (Å²) >= 11 is 6.06. The number of hydrogen-bond donors (Lipinski definition) is 3. The number of fused-ring (bicyclic) bond motifs is 1. The molecule has 0 spiro atoms. The third kappa shape index (κ3) is 2.95. The lowest BCUT2D eigenvalue weighted by Gasteiger charge is -2.19. The molecule has 21 heavy (non-hydrogen) atoms. The molecule has 0 saturated carbocycles. The van der Waals surface area contributed by atoms with Crippen LogP contribution in [0.25, 0.3) is 11.0 Å². The zero-order valence-corrected chi connectivity index (χ0v) is 12.4. The number of hydrogen-bond acceptors (Lipinski definition) is 2. The van der Waals surface area contributed by atoms with Crippen LogP contribution in [0.4, 0.5) is 5.69 Å². The number of benzene rings is 2. The number of imidazole rings is 1. The molecule has 0 radical (unpaired) electrons. The van der Waals surface area contributed by atoms with Gasteiger partial charge in [-0.05, 0) is 42.3 Å². The molecule has 108 valence electrons. The number of nitrogens with one attached hydrogen (secondary N) is 3. The van der Waals surface area contributed by atoms with Gasteiger partial charge in [-0.25, -0.2) is 4.79 Å². The summed E-state index contributed by atoms with van der Waals surface area (Å²) in [5.74, 6) is 0. The van der Waals surface area contributed by atoms with Crippen LogP contribution in [0.1, 0.15) is 24.9 Å². The Kier molecular flexibility index (Phi) is 3.71. The highest BCUT2D eigenvalue weighted by Gasteiger charge is 2.10. The number of halogens is 1. The Labute approximate surface area is 127 Å². The fourth-order valence-electron chi connectivity index (χ4n) is 2.47. The smallest absolute Gasteiger partial charge is 0.323 e. The first-order valence-corrected chi connectivity index (χ1v) is 7.27. The van der Waals surface area contributed by atoms with Gasteiger partial charge in [-0.3, -0.25) is 0 Å². The quantitative estimate of drug-likeness (QED) is 0.680. The predicted octanol–water partition coefficient (Wildman–Crippen LogP) is 4.07. The Hall–Kier alpha value is -2.20. The molecule has 1 unspecified atom stereocenters. The van der Waals surface area contributed by atoms with E-state index in [2.05, 4.69) is 28.3 Å². The van der Waals surface area contributed by atoms with Crippen molar-refractivity contribution < 1.29 is 0 Å². The number of aromatic amines is 2. The fourth-order valence-corrected chi connectivity index (χ4v) is 2.67. The summed E-state index contributed by atoms with van der Waals surface area (Å²) in [6, 6.07) is 13.8. The van der Waals surface area contributed by atoms with Gasteiger partial charge in [0.2, 0.25) is 0 Å². The first-order valence-electron chi connectivity index (χ1n) is 6.90. The summed E-state index contributed by atoms with van der Waals surface area (Å²) in [4.78, 5) is 16.8. The summed E-state index contributed by atoms with van der Waals surface area (Å²) in [5.41, 5.74) is 3.52. The van der Waals surface area contributed by atoms with E-state index in [-0.39, 0.29) is 11.7 Å². The van der Waals surface area contributed by atoms with Gasteiger partial charge >= 0.3 is 5.69 Å². The minimum Gasteiger partial charge on any atom is -0.378 e. The minimum atomic E-state index is -0.191. The van der Waals surface area contributed by atoms with Crippen molar-refractivity contribution in [3.63, 3.8) is 0 Å². The van der Waals surface area contributed by atoms with Crippen LogP contribution >= 0.6 is 11.6 Å². The molecular formula is C16H16ClN3O. The highest BCUT2D eigenvalue weighted by Crippen LogP contribution is 2.25. The van der Waals surface area contributed by atoms with E-state index in [0.717, 1.165) is 33.7 Å². The van der Waals surface area contributed by atoms with Gasteiger partial charge in [-0.15, -0.1) is 0 Å². The third-order valence-electron chi connectivity index (χ3n) is 3.52. The molecule has 0 fully saturated rings. The molecule has 0 amide bonds. The third-order valence-corrected chi connectivity index (χ3v) is 3.75. The number of anilines is 1. The lowest BCUT2D eigenvalue weighted by molar-refractivity contribution is 0.749. The largest absolute Gasteiger partial charge is 0.378 e. The highest BCUT2D eigenvalue weighted by molar-refractivity contribution is 6.30. The molecule has 5 heteroatoms. The van der Waals surface area contributed by atoms with Gasteiger partial charge in [0.25, 0.3) is 0 Å². The highest BCUT2D eigenvalue weighted by atomic mass is 35.5. The standard InChI is InChI=1S/C16H16ClN3O/c1-2-13(10-4-3-5-11(17)8-10)18-12-6-7-14-15(9-12)20-16(21)19-14/h3-9,13,18H,2H2,1H3,(H2,19,20,21).